The third-order valence-electron chi connectivity index (χ3n) is 5.22. The van der Waals surface area contributed by atoms with E-state index in [0.717, 1.165) is 39.2 Å². The third kappa shape index (κ3) is 3.67. The lowest BCUT2D eigenvalue weighted by atomic mass is 10.1. The average molecular weight is 470 g/mol. The van der Waals surface area contributed by atoms with Crippen LogP contribution in [0.15, 0.2) is 28.7 Å². The molecule has 0 unspecified atom stereocenters. The Hall–Kier alpha value is -2.87. The lowest BCUT2D eigenvalue weighted by Gasteiger charge is -2.12. The second-order valence-electron chi connectivity index (χ2n) is 7.45. The number of fused-ring (bicyclic) bond motifs is 3. The van der Waals surface area contributed by atoms with E-state index in [2.05, 4.69) is 31.3 Å². The largest absolute Gasteiger partial charge is 0.324 e. The molecule has 1 aromatic carbocycles. The molecule has 0 bridgehead atoms. The van der Waals surface area contributed by atoms with Gasteiger partial charge in [0.1, 0.15) is 5.82 Å². The fraction of sp³-hybridized carbons (Fsp3) is 0.273. The number of carbonyl (C=O) groups excluding carboxylic acids is 1. The Bertz CT molecular complexity index is 1310. The van der Waals surface area contributed by atoms with E-state index in [1.807, 2.05) is 33.8 Å². The van der Waals surface area contributed by atoms with Gasteiger partial charge in [0.05, 0.1) is 11.1 Å². The van der Waals surface area contributed by atoms with Crippen LogP contribution in [-0.2, 0) is 11.2 Å². The molecule has 0 aliphatic carbocycles. The molecule has 8 heteroatoms. The maximum Gasteiger partial charge on any atom is 0.224 e. The molecule has 4 rings (SSSR count). The molecule has 4 aromatic rings. The molecule has 3 aromatic heterocycles. The van der Waals surface area contributed by atoms with Crippen LogP contribution in [0.25, 0.3) is 16.7 Å². The van der Waals surface area contributed by atoms with Gasteiger partial charge in [-0.05, 0) is 69.5 Å². The topological polar surface area (TPSA) is 72.2 Å². The van der Waals surface area contributed by atoms with Crippen molar-refractivity contribution in [1.29, 1.82) is 0 Å². The summed E-state index contributed by atoms with van der Waals surface area (Å²) in [6.07, 6.45) is 0.688. The van der Waals surface area contributed by atoms with E-state index in [0.29, 0.717) is 16.5 Å². The molecule has 0 radical (unpaired) electrons. The highest BCUT2D eigenvalue weighted by atomic mass is 79.9. The standard InChI is InChI=1S/C22H21BrFN5O/c1-11-9-12(2)25-21-20(11)22-26-13(3)16(14(4)29(22)28-21)6-8-19(30)27-18-7-5-15(23)10-17(18)24/h5,7,9-10H,6,8H2,1-4H3,(H,27,30). The van der Waals surface area contributed by atoms with E-state index in [1.165, 1.54) is 12.1 Å². The smallest absolute Gasteiger partial charge is 0.224 e. The minimum Gasteiger partial charge on any atom is -0.324 e. The van der Waals surface area contributed by atoms with Gasteiger partial charge in [-0.1, -0.05) is 15.9 Å². The monoisotopic (exact) mass is 469 g/mol. The van der Waals surface area contributed by atoms with E-state index < -0.39 is 5.82 Å². The highest BCUT2D eigenvalue weighted by molar-refractivity contribution is 9.10. The number of benzene rings is 1. The zero-order valence-electron chi connectivity index (χ0n) is 17.2. The van der Waals surface area contributed by atoms with Crippen molar-refractivity contribution in [1.82, 2.24) is 19.6 Å². The molecular formula is C22H21BrFN5O. The molecule has 154 valence electrons. The van der Waals surface area contributed by atoms with Gasteiger partial charge in [-0.15, -0.1) is 5.10 Å². The third-order valence-corrected chi connectivity index (χ3v) is 5.71. The van der Waals surface area contributed by atoms with Crippen LogP contribution in [-0.4, -0.2) is 25.5 Å². The minimum atomic E-state index is -0.477. The highest BCUT2D eigenvalue weighted by Gasteiger charge is 2.17. The summed E-state index contributed by atoms with van der Waals surface area (Å²) in [6, 6.07) is 6.57. The van der Waals surface area contributed by atoms with Crippen LogP contribution in [0.3, 0.4) is 0 Å². The van der Waals surface area contributed by atoms with Crippen molar-refractivity contribution in [3.05, 3.63) is 62.8 Å². The number of halogens is 2. The SMILES string of the molecule is Cc1cc(C)c2c(n1)nn1c(C)c(CCC(=O)Nc3ccc(Br)cc3F)c(C)nc21. The summed E-state index contributed by atoms with van der Waals surface area (Å²) in [5.74, 6) is -0.733. The predicted molar refractivity (Wildman–Crippen MR) is 118 cm³/mol. The van der Waals surface area contributed by atoms with Crippen LogP contribution in [0, 0.1) is 33.5 Å². The molecule has 30 heavy (non-hydrogen) atoms. The number of anilines is 1. The summed E-state index contributed by atoms with van der Waals surface area (Å²) in [7, 11) is 0. The Morgan fingerprint density at radius 3 is 2.67 bits per heavy atom. The van der Waals surface area contributed by atoms with Gasteiger partial charge in [-0.2, -0.15) is 0 Å². The Morgan fingerprint density at radius 2 is 1.93 bits per heavy atom. The number of nitrogens with one attached hydrogen (secondary N) is 1. The molecule has 0 saturated carbocycles. The number of hydrogen-bond acceptors (Lipinski definition) is 4. The van der Waals surface area contributed by atoms with Crippen molar-refractivity contribution >= 4 is 44.2 Å². The number of nitrogens with zero attached hydrogens (tertiary/aromatic N) is 4. The second kappa shape index (κ2) is 7.75. The van der Waals surface area contributed by atoms with Crippen LogP contribution in [0.5, 0.6) is 0 Å². The van der Waals surface area contributed by atoms with Crippen LogP contribution in [0.1, 0.15) is 34.6 Å². The van der Waals surface area contributed by atoms with Gasteiger partial charge in [0.25, 0.3) is 0 Å². The van der Waals surface area contributed by atoms with E-state index in [-0.39, 0.29) is 18.0 Å². The summed E-state index contributed by atoms with van der Waals surface area (Å²) in [5.41, 5.74) is 6.34. The van der Waals surface area contributed by atoms with Gasteiger partial charge in [0.2, 0.25) is 5.91 Å². The maximum absolute atomic E-state index is 14.0. The number of hydrogen-bond donors (Lipinski definition) is 1. The van der Waals surface area contributed by atoms with Crippen molar-refractivity contribution in [2.75, 3.05) is 5.32 Å². The van der Waals surface area contributed by atoms with Gasteiger partial charge in [-0.25, -0.2) is 18.9 Å². The van der Waals surface area contributed by atoms with E-state index in [9.17, 15) is 9.18 Å². The summed E-state index contributed by atoms with van der Waals surface area (Å²) in [4.78, 5) is 21.7. The Morgan fingerprint density at radius 1 is 1.17 bits per heavy atom. The zero-order chi connectivity index (χ0) is 21.6. The lowest BCUT2D eigenvalue weighted by molar-refractivity contribution is -0.116. The molecule has 0 spiro atoms. The minimum absolute atomic E-state index is 0.167. The first-order valence-corrected chi connectivity index (χ1v) is 10.4. The molecule has 0 fully saturated rings. The number of aryl methyl sites for hydroxylation is 4. The van der Waals surface area contributed by atoms with E-state index in [1.54, 1.807) is 10.6 Å². The summed E-state index contributed by atoms with van der Waals surface area (Å²) in [6.45, 7) is 7.88. The Balaban J connectivity index is 1.62. The molecule has 1 N–H and O–H groups in total. The van der Waals surface area contributed by atoms with Crippen LogP contribution < -0.4 is 5.32 Å². The van der Waals surface area contributed by atoms with Gasteiger partial charge < -0.3 is 5.32 Å². The zero-order valence-corrected chi connectivity index (χ0v) is 18.8. The van der Waals surface area contributed by atoms with Crippen LogP contribution in [0.2, 0.25) is 0 Å². The van der Waals surface area contributed by atoms with Crippen molar-refractivity contribution < 1.29 is 9.18 Å². The van der Waals surface area contributed by atoms with Crippen LogP contribution >= 0.6 is 15.9 Å². The molecule has 0 aliphatic rings. The average Bonchev–Trinajstić information content (AvgIpc) is 3.02. The maximum atomic E-state index is 14.0. The number of aromatic nitrogens is 4. The highest BCUT2D eigenvalue weighted by Crippen LogP contribution is 2.25. The summed E-state index contributed by atoms with van der Waals surface area (Å²) >= 11 is 3.21. The van der Waals surface area contributed by atoms with Crippen LogP contribution in [0.4, 0.5) is 10.1 Å². The molecule has 0 aliphatic heterocycles. The molecule has 0 atom stereocenters. The summed E-state index contributed by atoms with van der Waals surface area (Å²) in [5, 5.41) is 8.22. The lowest BCUT2D eigenvalue weighted by Crippen LogP contribution is -2.15. The first-order valence-electron chi connectivity index (χ1n) is 9.62. The molecular weight excluding hydrogens is 449 g/mol. The quantitative estimate of drug-likeness (QED) is 0.457. The molecule has 1 amide bonds. The first kappa shape index (κ1) is 20.4. The van der Waals surface area contributed by atoms with Crippen molar-refractivity contribution in [2.24, 2.45) is 0 Å². The number of rotatable bonds is 4. The van der Waals surface area contributed by atoms with E-state index in [4.69, 9.17) is 4.98 Å². The fourth-order valence-electron chi connectivity index (χ4n) is 3.77. The predicted octanol–water partition coefficient (Wildman–Crippen LogP) is 4.98. The summed E-state index contributed by atoms with van der Waals surface area (Å²) < 4.78 is 16.4. The fourth-order valence-corrected chi connectivity index (χ4v) is 4.10. The van der Waals surface area contributed by atoms with Crippen molar-refractivity contribution in [3.8, 4) is 0 Å². The first-order chi connectivity index (χ1) is 14.2. The molecule has 0 saturated heterocycles. The van der Waals surface area contributed by atoms with Crippen molar-refractivity contribution in [3.63, 3.8) is 0 Å². The van der Waals surface area contributed by atoms with E-state index >= 15 is 0 Å². The van der Waals surface area contributed by atoms with Gasteiger partial charge in [-0.3, -0.25) is 4.79 Å². The number of pyridine rings is 1. The number of carbonyl (C=O) groups is 1. The molecule has 6 nitrogen and oxygen atoms in total. The second-order valence-corrected chi connectivity index (χ2v) is 8.36. The van der Waals surface area contributed by atoms with Gasteiger partial charge >= 0.3 is 0 Å². The molecule has 3 heterocycles. The normalized spacial score (nSPS) is 11.4. The number of amides is 1. The van der Waals surface area contributed by atoms with Crippen molar-refractivity contribution in [2.45, 2.75) is 40.5 Å². The Kier molecular flexibility index (Phi) is 5.27. The Labute approximate surface area is 181 Å². The van der Waals surface area contributed by atoms with Gasteiger partial charge in [0.15, 0.2) is 11.3 Å². The van der Waals surface area contributed by atoms with Gasteiger partial charge in [0, 0.05) is 28.0 Å².